The molecule has 0 saturated carbocycles. The molecule has 1 fully saturated rings. The van der Waals surface area contributed by atoms with E-state index in [-0.39, 0.29) is 5.92 Å². The number of nitrogens with one attached hydrogen (secondary N) is 1. The molecule has 0 bridgehead atoms. The van der Waals surface area contributed by atoms with Crippen LogP contribution in [0.1, 0.15) is 42.9 Å². The summed E-state index contributed by atoms with van der Waals surface area (Å²) < 4.78 is 15.0. The fraction of sp³-hybridized carbons (Fsp3) is 0.643. The zero-order chi connectivity index (χ0) is 11.7. The smallest absolute Gasteiger partial charge is 0.131 e. The summed E-state index contributed by atoms with van der Waals surface area (Å²) in [4.78, 5) is 4.45. The van der Waals surface area contributed by atoms with Crippen molar-refractivity contribution in [3.8, 4) is 0 Å². The largest absolute Gasteiger partial charge is 0.314 e. The Morgan fingerprint density at radius 3 is 3.18 bits per heavy atom. The Kier molecular flexibility index (Phi) is 2.87. The van der Waals surface area contributed by atoms with E-state index in [0.717, 1.165) is 37.9 Å². The molecule has 2 atom stereocenters. The molecule has 1 aliphatic carbocycles. The molecule has 2 unspecified atom stereocenters. The van der Waals surface area contributed by atoms with Crippen molar-refractivity contribution in [2.45, 2.75) is 43.7 Å². The van der Waals surface area contributed by atoms with Crippen LogP contribution in [0, 0.1) is 0 Å². The van der Waals surface area contributed by atoms with Crippen molar-refractivity contribution in [3.63, 3.8) is 0 Å². The maximum Gasteiger partial charge on any atom is 0.131 e. The van der Waals surface area contributed by atoms with Crippen LogP contribution in [0.3, 0.4) is 0 Å². The molecule has 0 amide bonds. The molecule has 2 heterocycles. The molecule has 17 heavy (non-hydrogen) atoms. The van der Waals surface area contributed by atoms with E-state index >= 15 is 4.39 Å². The molecule has 1 N–H and O–H groups in total. The van der Waals surface area contributed by atoms with Crippen molar-refractivity contribution in [2.75, 3.05) is 13.1 Å². The Bertz CT molecular complexity index is 399. The van der Waals surface area contributed by atoms with Crippen molar-refractivity contribution >= 4 is 0 Å². The summed E-state index contributed by atoms with van der Waals surface area (Å²) in [6, 6.07) is 4.07. The minimum atomic E-state index is -1.08. The predicted octanol–water partition coefficient (Wildman–Crippen LogP) is 2.59. The highest BCUT2D eigenvalue weighted by atomic mass is 19.1. The molecular weight excluding hydrogens is 215 g/mol. The van der Waals surface area contributed by atoms with Crippen LogP contribution in [0.15, 0.2) is 18.3 Å². The first-order chi connectivity index (χ1) is 8.30. The lowest BCUT2D eigenvalue weighted by atomic mass is 9.74. The molecule has 2 nitrogen and oxygen atoms in total. The molecule has 1 saturated heterocycles. The minimum Gasteiger partial charge on any atom is -0.314 e. The number of rotatable bonds is 1. The van der Waals surface area contributed by atoms with Crippen LogP contribution in [0.4, 0.5) is 4.39 Å². The number of nitrogens with zero attached hydrogens (tertiary/aromatic N) is 1. The number of halogens is 1. The molecule has 3 rings (SSSR count). The van der Waals surface area contributed by atoms with Gasteiger partial charge in [0, 0.05) is 24.4 Å². The fourth-order valence-corrected chi connectivity index (χ4v) is 3.30. The molecule has 1 aliphatic heterocycles. The van der Waals surface area contributed by atoms with Crippen LogP contribution in [0.5, 0.6) is 0 Å². The van der Waals surface area contributed by atoms with Crippen LogP contribution in [0.25, 0.3) is 0 Å². The van der Waals surface area contributed by atoms with Gasteiger partial charge in [-0.1, -0.05) is 6.07 Å². The summed E-state index contributed by atoms with van der Waals surface area (Å²) >= 11 is 0. The molecule has 1 aromatic heterocycles. The number of hydrogen-bond acceptors (Lipinski definition) is 2. The van der Waals surface area contributed by atoms with Gasteiger partial charge in [-0.15, -0.1) is 0 Å². The number of alkyl halides is 1. The second-order valence-electron chi connectivity index (χ2n) is 5.31. The Balaban J connectivity index is 1.94. The normalized spacial score (nSPS) is 33.1. The van der Waals surface area contributed by atoms with Crippen LogP contribution in [-0.4, -0.2) is 23.7 Å². The van der Waals surface area contributed by atoms with Gasteiger partial charge >= 0.3 is 0 Å². The van der Waals surface area contributed by atoms with E-state index in [9.17, 15) is 0 Å². The van der Waals surface area contributed by atoms with Gasteiger partial charge in [0.05, 0.1) is 0 Å². The summed E-state index contributed by atoms with van der Waals surface area (Å²) in [6.07, 6.45) is 6.52. The lowest BCUT2D eigenvalue weighted by Gasteiger charge is -2.39. The SMILES string of the molecule is FC1(C2CCCc3cccnc32)CCCNC1. The van der Waals surface area contributed by atoms with Gasteiger partial charge in [-0.05, 0) is 50.3 Å². The highest BCUT2D eigenvalue weighted by Gasteiger charge is 2.43. The highest BCUT2D eigenvalue weighted by molar-refractivity contribution is 5.29. The van der Waals surface area contributed by atoms with Crippen LogP contribution >= 0.6 is 0 Å². The molecule has 0 spiro atoms. The number of piperidine rings is 1. The van der Waals surface area contributed by atoms with Gasteiger partial charge < -0.3 is 5.32 Å². The van der Waals surface area contributed by atoms with Crippen molar-refractivity contribution in [2.24, 2.45) is 0 Å². The third-order valence-electron chi connectivity index (χ3n) is 4.18. The van der Waals surface area contributed by atoms with Gasteiger partial charge in [-0.2, -0.15) is 0 Å². The second-order valence-corrected chi connectivity index (χ2v) is 5.31. The third-order valence-corrected chi connectivity index (χ3v) is 4.18. The molecular formula is C14H19FN2. The standard InChI is InChI=1S/C14H19FN2/c15-14(7-3-8-16-10-14)12-6-1-4-11-5-2-9-17-13(11)12/h2,5,9,12,16H,1,3-4,6-8,10H2. The second kappa shape index (κ2) is 4.37. The first-order valence-electron chi connectivity index (χ1n) is 6.63. The van der Waals surface area contributed by atoms with Gasteiger partial charge in [0.25, 0.3) is 0 Å². The number of pyridine rings is 1. The first-order valence-corrected chi connectivity index (χ1v) is 6.63. The van der Waals surface area contributed by atoms with E-state index < -0.39 is 5.67 Å². The Hall–Kier alpha value is -0.960. The van der Waals surface area contributed by atoms with E-state index in [1.807, 2.05) is 6.07 Å². The minimum absolute atomic E-state index is 0.000231. The quantitative estimate of drug-likeness (QED) is 0.808. The Morgan fingerprint density at radius 1 is 1.41 bits per heavy atom. The highest BCUT2D eigenvalue weighted by Crippen LogP contribution is 2.43. The van der Waals surface area contributed by atoms with Gasteiger partial charge in [-0.25, -0.2) is 4.39 Å². The number of fused-ring (bicyclic) bond motifs is 1. The Morgan fingerprint density at radius 2 is 2.35 bits per heavy atom. The van der Waals surface area contributed by atoms with Crippen LogP contribution in [0.2, 0.25) is 0 Å². The maximum atomic E-state index is 15.0. The maximum absolute atomic E-state index is 15.0. The van der Waals surface area contributed by atoms with E-state index in [1.54, 1.807) is 6.20 Å². The average Bonchev–Trinajstić information content (AvgIpc) is 2.39. The molecule has 2 aliphatic rings. The van der Waals surface area contributed by atoms with Crippen molar-refractivity contribution in [1.29, 1.82) is 0 Å². The number of aryl methyl sites for hydroxylation is 1. The molecule has 0 aromatic carbocycles. The van der Waals surface area contributed by atoms with Crippen molar-refractivity contribution in [1.82, 2.24) is 10.3 Å². The van der Waals surface area contributed by atoms with Crippen molar-refractivity contribution in [3.05, 3.63) is 29.6 Å². The van der Waals surface area contributed by atoms with E-state index in [2.05, 4.69) is 16.4 Å². The summed E-state index contributed by atoms with van der Waals surface area (Å²) in [5.41, 5.74) is 1.19. The molecule has 3 heteroatoms. The van der Waals surface area contributed by atoms with Crippen molar-refractivity contribution < 1.29 is 4.39 Å². The third kappa shape index (κ3) is 1.97. The summed E-state index contributed by atoms with van der Waals surface area (Å²) in [7, 11) is 0. The lowest BCUT2D eigenvalue weighted by Crippen LogP contribution is -2.47. The monoisotopic (exact) mass is 234 g/mol. The van der Waals surface area contributed by atoms with E-state index in [1.165, 1.54) is 5.56 Å². The van der Waals surface area contributed by atoms with Gasteiger partial charge in [-0.3, -0.25) is 4.98 Å². The van der Waals surface area contributed by atoms with E-state index in [4.69, 9.17) is 0 Å². The predicted molar refractivity (Wildman–Crippen MR) is 65.9 cm³/mol. The molecule has 92 valence electrons. The van der Waals surface area contributed by atoms with Gasteiger partial charge in [0.1, 0.15) is 5.67 Å². The van der Waals surface area contributed by atoms with Gasteiger partial charge in [0.15, 0.2) is 0 Å². The lowest BCUT2D eigenvalue weighted by molar-refractivity contribution is 0.0780. The number of hydrogen-bond donors (Lipinski definition) is 1. The molecule has 1 aromatic rings. The summed E-state index contributed by atoms with van der Waals surface area (Å²) in [5.74, 6) is 0.000231. The molecule has 0 radical (unpaired) electrons. The van der Waals surface area contributed by atoms with E-state index in [0.29, 0.717) is 13.0 Å². The zero-order valence-electron chi connectivity index (χ0n) is 10.1. The number of aromatic nitrogens is 1. The average molecular weight is 234 g/mol. The Labute approximate surface area is 102 Å². The zero-order valence-corrected chi connectivity index (χ0v) is 10.1. The fourth-order valence-electron chi connectivity index (χ4n) is 3.30. The topological polar surface area (TPSA) is 24.9 Å². The summed E-state index contributed by atoms with van der Waals surface area (Å²) in [5, 5.41) is 3.20. The van der Waals surface area contributed by atoms with Crippen LogP contribution in [-0.2, 0) is 6.42 Å². The summed E-state index contributed by atoms with van der Waals surface area (Å²) in [6.45, 7) is 1.45. The van der Waals surface area contributed by atoms with Crippen LogP contribution < -0.4 is 5.32 Å². The first kappa shape index (κ1) is 11.1. The van der Waals surface area contributed by atoms with Gasteiger partial charge in [0.2, 0.25) is 0 Å².